The second-order valence-corrected chi connectivity index (χ2v) is 7.30. The Hall–Kier alpha value is -2.60. The quantitative estimate of drug-likeness (QED) is 0.617. The first-order valence-corrected chi connectivity index (χ1v) is 9.40. The van der Waals surface area contributed by atoms with Gasteiger partial charge in [-0.3, -0.25) is 4.90 Å². The van der Waals surface area contributed by atoms with Gasteiger partial charge in [-0.05, 0) is 61.2 Å². The lowest BCUT2D eigenvalue weighted by atomic mass is 9.88. The van der Waals surface area contributed by atoms with Crippen LogP contribution in [-0.4, -0.2) is 29.3 Å². The second kappa shape index (κ2) is 7.43. The van der Waals surface area contributed by atoms with Crippen molar-refractivity contribution in [2.45, 2.75) is 31.0 Å². The monoisotopic (exact) mass is 386 g/mol. The lowest BCUT2D eigenvalue weighted by Gasteiger charge is -2.35. The fourth-order valence-electron chi connectivity index (χ4n) is 4.17. The van der Waals surface area contributed by atoms with E-state index in [0.717, 1.165) is 49.9 Å². The van der Waals surface area contributed by atoms with Crippen molar-refractivity contribution in [3.8, 4) is 0 Å². The number of nitrogens with one attached hydrogen (secondary N) is 1. The van der Waals surface area contributed by atoms with Gasteiger partial charge in [0.2, 0.25) is 0 Å². The van der Waals surface area contributed by atoms with Crippen molar-refractivity contribution in [1.29, 1.82) is 0 Å². The molecule has 146 valence electrons. The van der Waals surface area contributed by atoms with Gasteiger partial charge in [-0.1, -0.05) is 30.3 Å². The SMILES string of the molecule is O=CC(c1ccc(C(F)(F)F)cc1)N1CCC(c2c[nH]c3ccccc23)CC1. The molecule has 0 radical (unpaired) electrons. The first-order chi connectivity index (χ1) is 13.5. The molecule has 1 fully saturated rings. The van der Waals surface area contributed by atoms with Crippen molar-refractivity contribution in [2.75, 3.05) is 13.1 Å². The molecule has 2 aromatic carbocycles. The number of aromatic nitrogens is 1. The molecule has 1 saturated heterocycles. The summed E-state index contributed by atoms with van der Waals surface area (Å²) in [6, 6.07) is 12.6. The summed E-state index contributed by atoms with van der Waals surface area (Å²) < 4.78 is 38.3. The Balaban J connectivity index is 1.47. The summed E-state index contributed by atoms with van der Waals surface area (Å²) in [7, 11) is 0. The number of carbonyl (C=O) groups is 1. The zero-order valence-corrected chi connectivity index (χ0v) is 15.2. The highest BCUT2D eigenvalue weighted by Gasteiger charge is 2.31. The molecular formula is C22H21F3N2O. The number of nitrogens with zero attached hydrogens (tertiary/aromatic N) is 1. The number of hydrogen-bond donors (Lipinski definition) is 1. The fourth-order valence-corrected chi connectivity index (χ4v) is 4.17. The van der Waals surface area contributed by atoms with Crippen LogP contribution in [0.5, 0.6) is 0 Å². The van der Waals surface area contributed by atoms with Crippen molar-refractivity contribution >= 4 is 17.2 Å². The molecule has 2 heterocycles. The van der Waals surface area contributed by atoms with E-state index >= 15 is 0 Å². The summed E-state index contributed by atoms with van der Waals surface area (Å²) in [6.07, 6.45) is 0.346. The zero-order chi connectivity index (χ0) is 19.7. The topological polar surface area (TPSA) is 36.1 Å². The Bertz CT molecular complexity index is 954. The Labute approximate surface area is 161 Å². The number of para-hydroxylation sites is 1. The van der Waals surface area contributed by atoms with Gasteiger partial charge < -0.3 is 9.78 Å². The van der Waals surface area contributed by atoms with Crippen LogP contribution in [0.1, 0.15) is 41.5 Å². The molecule has 28 heavy (non-hydrogen) atoms. The van der Waals surface area contributed by atoms with Crippen LogP contribution in [0.2, 0.25) is 0 Å². The number of benzene rings is 2. The molecule has 1 N–H and O–H groups in total. The summed E-state index contributed by atoms with van der Waals surface area (Å²) in [4.78, 5) is 17.1. The first-order valence-electron chi connectivity index (χ1n) is 9.40. The summed E-state index contributed by atoms with van der Waals surface area (Å²) in [6.45, 7) is 1.46. The molecular weight excluding hydrogens is 365 g/mol. The third-order valence-corrected chi connectivity index (χ3v) is 5.69. The van der Waals surface area contributed by atoms with Crippen LogP contribution in [0.3, 0.4) is 0 Å². The molecule has 4 rings (SSSR count). The Morgan fingerprint density at radius 2 is 1.71 bits per heavy atom. The minimum Gasteiger partial charge on any atom is -0.361 e. The fraction of sp³-hybridized carbons (Fsp3) is 0.318. The highest BCUT2D eigenvalue weighted by atomic mass is 19.4. The summed E-state index contributed by atoms with van der Waals surface area (Å²) in [5.41, 5.74) is 2.33. The number of rotatable bonds is 4. The molecule has 0 amide bonds. The maximum atomic E-state index is 12.8. The van der Waals surface area contributed by atoms with Gasteiger partial charge in [-0.2, -0.15) is 13.2 Å². The third kappa shape index (κ3) is 3.56. The van der Waals surface area contributed by atoms with Gasteiger partial charge in [0.25, 0.3) is 0 Å². The van der Waals surface area contributed by atoms with Crippen molar-refractivity contribution in [1.82, 2.24) is 9.88 Å². The molecule has 0 bridgehead atoms. The van der Waals surface area contributed by atoms with E-state index in [1.54, 1.807) is 0 Å². The van der Waals surface area contributed by atoms with E-state index in [9.17, 15) is 18.0 Å². The van der Waals surface area contributed by atoms with Gasteiger partial charge in [0.05, 0.1) is 11.6 Å². The third-order valence-electron chi connectivity index (χ3n) is 5.69. The predicted octanol–water partition coefficient (Wildman–Crippen LogP) is 5.31. The normalized spacial score (nSPS) is 17.7. The average Bonchev–Trinajstić information content (AvgIpc) is 3.13. The van der Waals surface area contributed by atoms with Crippen LogP contribution in [0.15, 0.2) is 54.7 Å². The molecule has 0 aliphatic carbocycles. The van der Waals surface area contributed by atoms with E-state index in [1.165, 1.54) is 23.1 Å². The Kier molecular flexibility index (Phi) is 4.98. The second-order valence-electron chi connectivity index (χ2n) is 7.30. The van der Waals surface area contributed by atoms with Crippen LogP contribution < -0.4 is 0 Å². The average molecular weight is 386 g/mol. The van der Waals surface area contributed by atoms with Crippen molar-refractivity contribution in [2.24, 2.45) is 0 Å². The molecule has 1 aromatic heterocycles. The van der Waals surface area contributed by atoms with E-state index in [1.807, 2.05) is 12.1 Å². The number of piperidine rings is 1. The largest absolute Gasteiger partial charge is 0.416 e. The molecule has 1 unspecified atom stereocenters. The molecule has 1 aliphatic rings. The number of alkyl halides is 3. The standard InChI is InChI=1S/C22H21F3N2O/c23-22(24,25)17-7-5-16(6-8-17)21(14-28)27-11-9-15(10-12-27)19-13-26-20-4-2-1-3-18(19)20/h1-8,13-15,21,26H,9-12H2. The minimum atomic E-state index is -4.37. The van der Waals surface area contributed by atoms with Crippen molar-refractivity contribution in [3.05, 3.63) is 71.4 Å². The van der Waals surface area contributed by atoms with Gasteiger partial charge in [-0.15, -0.1) is 0 Å². The van der Waals surface area contributed by atoms with Crippen LogP contribution in [-0.2, 0) is 11.0 Å². The molecule has 1 atom stereocenters. The molecule has 3 aromatic rings. The van der Waals surface area contributed by atoms with Gasteiger partial charge in [0, 0.05) is 17.1 Å². The number of aromatic amines is 1. The lowest BCUT2D eigenvalue weighted by Crippen LogP contribution is -2.36. The zero-order valence-electron chi connectivity index (χ0n) is 15.2. The predicted molar refractivity (Wildman–Crippen MR) is 102 cm³/mol. The summed E-state index contributed by atoms with van der Waals surface area (Å²) in [5, 5.41) is 1.23. The van der Waals surface area contributed by atoms with Gasteiger partial charge in [0.1, 0.15) is 6.29 Å². The van der Waals surface area contributed by atoms with Crippen LogP contribution in [0.4, 0.5) is 13.2 Å². The van der Waals surface area contributed by atoms with E-state index in [0.29, 0.717) is 11.5 Å². The molecule has 0 saturated carbocycles. The molecule has 3 nitrogen and oxygen atoms in total. The lowest BCUT2D eigenvalue weighted by molar-refractivity contribution is -0.137. The molecule has 0 spiro atoms. The van der Waals surface area contributed by atoms with Gasteiger partial charge >= 0.3 is 6.18 Å². The molecule has 6 heteroatoms. The number of H-pyrrole nitrogens is 1. The Morgan fingerprint density at radius 3 is 2.36 bits per heavy atom. The van der Waals surface area contributed by atoms with E-state index in [2.05, 4.69) is 28.2 Å². The minimum absolute atomic E-state index is 0.410. The Morgan fingerprint density at radius 1 is 1.04 bits per heavy atom. The number of carbonyl (C=O) groups excluding carboxylic acids is 1. The number of halogens is 3. The highest BCUT2D eigenvalue weighted by molar-refractivity contribution is 5.83. The maximum absolute atomic E-state index is 12.8. The summed E-state index contributed by atoms with van der Waals surface area (Å²) >= 11 is 0. The van der Waals surface area contributed by atoms with E-state index in [-0.39, 0.29) is 0 Å². The number of hydrogen-bond acceptors (Lipinski definition) is 2. The number of aldehydes is 1. The van der Waals surface area contributed by atoms with E-state index in [4.69, 9.17) is 0 Å². The maximum Gasteiger partial charge on any atom is 0.416 e. The number of likely N-dealkylation sites (tertiary alicyclic amines) is 1. The van der Waals surface area contributed by atoms with E-state index < -0.39 is 17.8 Å². The van der Waals surface area contributed by atoms with Crippen molar-refractivity contribution < 1.29 is 18.0 Å². The van der Waals surface area contributed by atoms with Gasteiger partial charge in [0.15, 0.2) is 0 Å². The number of fused-ring (bicyclic) bond motifs is 1. The smallest absolute Gasteiger partial charge is 0.361 e. The highest BCUT2D eigenvalue weighted by Crippen LogP contribution is 2.36. The van der Waals surface area contributed by atoms with Crippen LogP contribution >= 0.6 is 0 Å². The summed E-state index contributed by atoms with van der Waals surface area (Å²) in [5.74, 6) is 0.410. The molecule has 1 aliphatic heterocycles. The first kappa shape index (κ1) is 18.7. The van der Waals surface area contributed by atoms with Crippen LogP contribution in [0.25, 0.3) is 10.9 Å². The van der Waals surface area contributed by atoms with Crippen LogP contribution in [0, 0.1) is 0 Å². The van der Waals surface area contributed by atoms with Crippen molar-refractivity contribution in [3.63, 3.8) is 0 Å². The van der Waals surface area contributed by atoms with Gasteiger partial charge in [-0.25, -0.2) is 0 Å².